The van der Waals surface area contributed by atoms with Crippen LogP contribution in [0.4, 0.5) is 32.0 Å². The van der Waals surface area contributed by atoms with Crippen LogP contribution in [0, 0.1) is 23.5 Å². The Hall–Kier alpha value is -2.61. The minimum absolute atomic E-state index is 0.0895. The Bertz CT molecular complexity index is 900. The molecule has 1 heterocycles. The number of alkyl halides is 3. The number of nitrogens with zero attached hydrogens (tertiary/aromatic N) is 2. The van der Waals surface area contributed by atoms with E-state index in [-0.39, 0.29) is 16.8 Å². The number of hydrogen-bond donors (Lipinski definition) is 0. The minimum atomic E-state index is -4.69. The van der Waals surface area contributed by atoms with Crippen LogP contribution in [0.1, 0.15) is 0 Å². The van der Waals surface area contributed by atoms with E-state index in [1.165, 1.54) is 31.3 Å². The quantitative estimate of drug-likeness (QED) is 0.410. The molecule has 1 unspecified atom stereocenters. The molecule has 2 aromatic carbocycles. The molecule has 0 fully saturated rings. The van der Waals surface area contributed by atoms with Crippen LogP contribution < -0.4 is 4.59 Å². The summed E-state index contributed by atoms with van der Waals surface area (Å²) < 4.78 is 78.6. The zero-order valence-corrected chi connectivity index (χ0v) is 12.7. The molecule has 0 bridgehead atoms. The van der Waals surface area contributed by atoms with E-state index in [1.807, 2.05) is 6.08 Å². The van der Waals surface area contributed by atoms with Gasteiger partial charge in [-0.25, -0.2) is 13.2 Å². The lowest BCUT2D eigenvalue weighted by Gasteiger charge is -2.23. The molecule has 1 aliphatic rings. The predicted molar refractivity (Wildman–Crippen MR) is 80.8 cm³/mol. The van der Waals surface area contributed by atoms with Crippen molar-refractivity contribution in [1.82, 2.24) is 4.59 Å². The molecule has 1 radical (unpaired) electrons. The highest BCUT2D eigenvalue weighted by Crippen LogP contribution is 2.39. The Morgan fingerprint density at radius 3 is 2.20 bits per heavy atom. The van der Waals surface area contributed by atoms with E-state index in [0.29, 0.717) is 12.1 Å². The molecule has 0 aromatic heterocycles. The van der Waals surface area contributed by atoms with Gasteiger partial charge in [0.25, 0.3) is 0 Å². The molecule has 129 valence electrons. The summed E-state index contributed by atoms with van der Waals surface area (Å²) in [5.74, 6) is -3.66. The normalized spacial score (nSPS) is 20.0. The summed E-state index contributed by atoms with van der Waals surface area (Å²) in [7, 11) is 1.34. The van der Waals surface area contributed by atoms with E-state index >= 15 is 0 Å². The number of rotatable bonds is 2. The highest BCUT2D eigenvalue weighted by molar-refractivity contribution is 5.98. The Kier molecular flexibility index (Phi) is 3.95. The molecule has 0 aliphatic carbocycles. The van der Waals surface area contributed by atoms with Gasteiger partial charge in [0.1, 0.15) is 19.1 Å². The summed E-state index contributed by atoms with van der Waals surface area (Å²) in [4.78, 5) is 0. The zero-order valence-electron chi connectivity index (χ0n) is 12.7. The first-order chi connectivity index (χ1) is 11.6. The topological polar surface area (TPSA) is 12.4 Å². The molecule has 2 aromatic rings. The third-order valence-corrected chi connectivity index (χ3v) is 3.72. The standard InChI is InChI=1S/C17H10F6N2/c1-25(7-6-16(24-25)17(21,22)23)15-5-3-2-4-10(15)11-8-13(19)14(20)9-12(11)18/h2-5,7-9H,1H3/q+1. The monoisotopic (exact) mass is 356 g/mol. The molecular formula is C17H10F6N2+. The first-order valence-electron chi connectivity index (χ1n) is 7.01. The lowest BCUT2D eigenvalue weighted by atomic mass is 10.0. The summed E-state index contributed by atoms with van der Waals surface area (Å²) in [5, 5.41) is 3.59. The largest absolute Gasteiger partial charge is 0.439 e. The summed E-state index contributed by atoms with van der Waals surface area (Å²) >= 11 is 0. The SMILES string of the molecule is C[N+]1(c2ccccc2-c2cc(F)c(F)cc2F)C=[C]C(C(F)(F)F)=N1. The van der Waals surface area contributed by atoms with Crippen LogP contribution >= 0.6 is 0 Å². The van der Waals surface area contributed by atoms with E-state index in [1.54, 1.807) is 0 Å². The number of allylic oxidation sites excluding steroid dienone is 1. The average Bonchev–Trinajstić information content (AvgIpc) is 2.95. The smallest absolute Gasteiger partial charge is 0.206 e. The third-order valence-electron chi connectivity index (χ3n) is 3.72. The van der Waals surface area contributed by atoms with Crippen molar-refractivity contribution in [3.63, 3.8) is 0 Å². The highest BCUT2D eigenvalue weighted by atomic mass is 19.4. The van der Waals surface area contributed by atoms with E-state index in [9.17, 15) is 26.3 Å². The van der Waals surface area contributed by atoms with Crippen LogP contribution in [0.2, 0.25) is 0 Å². The lowest BCUT2D eigenvalue weighted by molar-refractivity contribution is -0.0584. The zero-order chi connectivity index (χ0) is 18.4. The second-order valence-corrected chi connectivity index (χ2v) is 5.51. The van der Waals surface area contributed by atoms with Gasteiger partial charge >= 0.3 is 6.18 Å². The van der Waals surface area contributed by atoms with Crippen LogP contribution in [0.25, 0.3) is 11.1 Å². The van der Waals surface area contributed by atoms with Crippen LogP contribution in [-0.2, 0) is 0 Å². The average molecular weight is 356 g/mol. The minimum Gasteiger partial charge on any atom is -0.206 e. The molecule has 8 heteroatoms. The molecule has 0 spiro atoms. The van der Waals surface area contributed by atoms with E-state index in [4.69, 9.17) is 0 Å². The molecule has 1 aliphatic heterocycles. The molecule has 0 amide bonds. The van der Waals surface area contributed by atoms with Gasteiger partial charge in [-0.1, -0.05) is 17.2 Å². The Balaban J connectivity index is 2.18. The highest BCUT2D eigenvalue weighted by Gasteiger charge is 2.43. The van der Waals surface area contributed by atoms with Gasteiger partial charge in [0.05, 0.1) is 6.08 Å². The van der Waals surface area contributed by atoms with Gasteiger partial charge in [0.2, 0.25) is 5.71 Å². The van der Waals surface area contributed by atoms with E-state index < -0.39 is 33.9 Å². The first kappa shape index (κ1) is 17.2. The van der Waals surface area contributed by atoms with Crippen molar-refractivity contribution in [1.29, 1.82) is 0 Å². The summed E-state index contributed by atoms with van der Waals surface area (Å²) in [6.45, 7) is 0. The van der Waals surface area contributed by atoms with E-state index in [2.05, 4.69) is 5.10 Å². The first-order valence-corrected chi connectivity index (χ1v) is 7.01. The van der Waals surface area contributed by atoms with Gasteiger partial charge in [-0.05, 0) is 12.1 Å². The van der Waals surface area contributed by atoms with Gasteiger partial charge < -0.3 is 0 Å². The van der Waals surface area contributed by atoms with Crippen molar-refractivity contribution in [2.75, 3.05) is 7.05 Å². The van der Waals surface area contributed by atoms with Crippen molar-refractivity contribution >= 4 is 11.4 Å². The molecule has 0 N–H and O–H groups in total. The Morgan fingerprint density at radius 2 is 1.56 bits per heavy atom. The maximum Gasteiger partial charge on any atom is 0.439 e. The number of quaternary nitrogens is 1. The lowest BCUT2D eigenvalue weighted by Crippen LogP contribution is -2.32. The van der Waals surface area contributed by atoms with Crippen LogP contribution in [0.3, 0.4) is 0 Å². The van der Waals surface area contributed by atoms with Gasteiger partial charge in [0, 0.05) is 23.3 Å². The Labute approximate surface area is 138 Å². The Morgan fingerprint density at radius 1 is 0.920 bits per heavy atom. The van der Waals surface area contributed by atoms with Crippen LogP contribution in [0.5, 0.6) is 0 Å². The summed E-state index contributed by atoms with van der Waals surface area (Å²) in [6, 6.07) is 6.89. The van der Waals surface area contributed by atoms with Crippen molar-refractivity contribution in [3.8, 4) is 11.1 Å². The molecule has 1 atom stereocenters. The number of benzene rings is 2. The maximum absolute atomic E-state index is 14.1. The predicted octanol–water partition coefficient (Wildman–Crippen LogP) is 4.96. The fraction of sp³-hybridized carbons (Fsp3) is 0.118. The number of para-hydroxylation sites is 1. The van der Waals surface area contributed by atoms with Gasteiger partial charge in [0.15, 0.2) is 17.3 Å². The fourth-order valence-corrected chi connectivity index (χ4v) is 2.54. The second kappa shape index (κ2) is 5.73. The van der Waals surface area contributed by atoms with Crippen molar-refractivity contribution in [2.45, 2.75) is 6.18 Å². The van der Waals surface area contributed by atoms with Crippen LogP contribution in [-0.4, -0.2) is 18.9 Å². The fourth-order valence-electron chi connectivity index (χ4n) is 2.54. The molecular weight excluding hydrogens is 346 g/mol. The molecule has 2 nitrogen and oxygen atoms in total. The molecule has 25 heavy (non-hydrogen) atoms. The van der Waals surface area contributed by atoms with Crippen molar-refractivity contribution in [3.05, 3.63) is 66.1 Å². The van der Waals surface area contributed by atoms with E-state index in [0.717, 1.165) is 6.20 Å². The molecule has 0 saturated heterocycles. The van der Waals surface area contributed by atoms with Gasteiger partial charge in [-0.15, -0.1) is 4.59 Å². The van der Waals surface area contributed by atoms with Gasteiger partial charge in [-0.2, -0.15) is 13.2 Å². The molecule has 3 rings (SSSR count). The maximum atomic E-state index is 14.1. The number of halogens is 6. The third kappa shape index (κ3) is 3.05. The van der Waals surface area contributed by atoms with Crippen molar-refractivity contribution < 1.29 is 26.3 Å². The summed E-state index contributed by atoms with van der Waals surface area (Å²) in [6.07, 6.45) is -1.59. The van der Waals surface area contributed by atoms with Crippen molar-refractivity contribution in [2.24, 2.45) is 5.10 Å². The van der Waals surface area contributed by atoms with Gasteiger partial charge in [-0.3, -0.25) is 0 Å². The number of hydrogen-bond acceptors (Lipinski definition) is 1. The van der Waals surface area contributed by atoms with Crippen LogP contribution in [0.15, 0.2) is 47.7 Å². The second-order valence-electron chi connectivity index (χ2n) is 5.51. The molecule has 0 saturated carbocycles. The summed E-state index contributed by atoms with van der Waals surface area (Å²) in [5.41, 5.74) is -1.25.